The van der Waals surface area contributed by atoms with Gasteiger partial charge in [0.2, 0.25) is 0 Å². The fraction of sp³-hybridized carbons (Fsp3) is 0.333. The Morgan fingerprint density at radius 3 is 3.05 bits per heavy atom. The topological polar surface area (TPSA) is 42.7 Å². The molecule has 0 bridgehead atoms. The van der Waals surface area contributed by atoms with Gasteiger partial charge in [-0.1, -0.05) is 24.3 Å². The van der Waals surface area contributed by atoms with Crippen LogP contribution < -0.4 is 5.32 Å². The van der Waals surface area contributed by atoms with Crippen LogP contribution in [0.25, 0.3) is 5.69 Å². The molecule has 1 heterocycles. The number of anilines is 1. The summed E-state index contributed by atoms with van der Waals surface area (Å²) in [7, 11) is 0. The number of fused-ring (bicyclic) bond motifs is 1. The standard InChI is InChI=1S/C15H16N4/c1-2-7-15(19-10-16-9-17-19)13(6-1)18-14-8-11-4-3-5-12(11)14/h1-3,5-7,9-12,14,18H,4,8H2. The lowest BCUT2D eigenvalue weighted by Gasteiger charge is -2.41. The van der Waals surface area contributed by atoms with Crippen molar-refractivity contribution < 1.29 is 0 Å². The van der Waals surface area contributed by atoms with Gasteiger partial charge < -0.3 is 5.32 Å². The maximum atomic E-state index is 4.22. The summed E-state index contributed by atoms with van der Waals surface area (Å²) in [6.07, 6.45) is 10.5. The molecule has 4 rings (SSSR count). The van der Waals surface area contributed by atoms with E-state index < -0.39 is 0 Å². The molecule has 0 aliphatic heterocycles. The molecule has 3 unspecified atom stereocenters. The van der Waals surface area contributed by atoms with Crippen molar-refractivity contribution in [1.29, 1.82) is 0 Å². The number of benzene rings is 1. The molecule has 1 fully saturated rings. The number of hydrogen-bond donors (Lipinski definition) is 1. The fourth-order valence-corrected chi connectivity index (χ4v) is 3.21. The Balaban J connectivity index is 1.60. The molecule has 1 aromatic carbocycles. The highest BCUT2D eigenvalue weighted by Gasteiger charge is 2.41. The first-order valence-corrected chi connectivity index (χ1v) is 6.79. The molecule has 1 N–H and O–H groups in total. The second kappa shape index (κ2) is 4.23. The van der Waals surface area contributed by atoms with Crippen molar-refractivity contribution in [2.24, 2.45) is 11.8 Å². The Labute approximate surface area is 112 Å². The third kappa shape index (κ3) is 1.75. The lowest BCUT2D eigenvalue weighted by molar-refractivity contribution is 0.218. The van der Waals surface area contributed by atoms with Gasteiger partial charge in [0.05, 0.1) is 11.4 Å². The molecule has 0 radical (unpaired) electrons. The third-order valence-corrected chi connectivity index (χ3v) is 4.27. The highest BCUT2D eigenvalue weighted by atomic mass is 15.3. The number of aromatic nitrogens is 3. The van der Waals surface area contributed by atoms with Crippen LogP contribution in [0.4, 0.5) is 5.69 Å². The molecule has 0 spiro atoms. The first kappa shape index (κ1) is 10.8. The number of para-hydroxylation sites is 2. The third-order valence-electron chi connectivity index (χ3n) is 4.27. The van der Waals surface area contributed by atoms with Gasteiger partial charge in [0.15, 0.2) is 0 Å². The molecule has 1 saturated carbocycles. The summed E-state index contributed by atoms with van der Waals surface area (Å²) in [5, 5.41) is 7.88. The highest BCUT2D eigenvalue weighted by molar-refractivity contribution is 5.61. The zero-order valence-corrected chi connectivity index (χ0v) is 10.6. The van der Waals surface area contributed by atoms with Crippen LogP contribution in [-0.2, 0) is 0 Å². The Morgan fingerprint density at radius 1 is 1.26 bits per heavy atom. The molecule has 19 heavy (non-hydrogen) atoms. The van der Waals surface area contributed by atoms with E-state index in [0.717, 1.165) is 17.3 Å². The Bertz CT molecular complexity index is 602. The molecule has 2 aliphatic carbocycles. The Kier molecular flexibility index (Phi) is 2.40. The maximum absolute atomic E-state index is 4.22. The SMILES string of the molecule is C1=CC2C(C1)CC2Nc1ccccc1-n1cncn1. The average molecular weight is 252 g/mol. The molecule has 96 valence electrons. The van der Waals surface area contributed by atoms with Crippen LogP contribution in [0.15, 0.2) is 49.1 Å². The first-order valence-electron chi connectivity index (χ1n) is 6.79. The molecule has 2 aromatic rings. The van der Waals surface area contributed by atoms with Gasteiger partial charge in [-0.15, -0.1) is 0 Å². The summed E-state index contributed by atoms with van der Waals surface area (Å²) in [4.78, 5) is 4.02. The lowest BCUT2D eigenvalue weighted by Crippen LogP contribution is -2.43. The Morgan fingerprint density at radius 2 is 2.21 bits per heavy atom. The number of allylic oxidation sites excluding steroid dienone is 1. The number of nitrogens with one attached hydrogen (secondary N) is 1. The predicted octanol–water partition coefficient (Wildman–Crippen LogP) is 2.64. The van der Waals surface area contributed by atoms with Crippen molar-refractivity contribution in [2.45, 2.75) is 18.9 Å². The van der Waals surface area contributed by atoms with Gasteiger partial charge in [0, 0.05) is 12.0 Å². The van der Waals surface area contributed by atoms with Crippen molar-refractivity contribution in [1.82, 2.24) is 14.8 Å². The summed E-state index contributed by atoms with van der Waals surface area (Å²) < 4.78 is 1.81. The zero-order chi connectivity index (χ0) is 12.7. The second-order valence-corrected chi connectivity index (χ2v) is 5.35. The zero-order valence-electron chi connectivity index (χ0n) is 10.6. The van der Waals surface area contributed by atoms with Gasteiger partial charge in [-0.3, -0.25) is 0 Å². The molecule has 1 aromatic heterocycles. The van der Waals surface area contributed by atoms with Gasteiger partial charge in [-0.2, -0.15) is 5.10 Å². The van der Waals surface area contributed by atoms with E-state index in [0.29, 0.717) is 12.0 Å². The second-order valence-electron chi connectivity index (χ2n) is 5.35. The minimum Gasteiger partial charge on any atom is -0.380 e. The molecule has 0 amide bonds. The minimum atomic E-state index is 0.563. The molecule has 4 heteroatoms. The van der Waals surface area contributed by atoms with Gasteiger partial charge >= 0.3 is 0 Å². The van der Waals surface area contributed by atoms with Crippen LogP contribution in [0.5, 0.6) is 0 Å². The monoisotopic (exact) mass is 252 g/mol. The summed E-state index contributed by atoms with van der Waals surface area (Å²) in [5.74, 6) is 1.58. The summed E-state index contributed by atoms with van der Waals surface area (Å²) in [6, 6.07) is 8.83. The number of hydrogen-bond acceptors (Lipinski definition) is 3. The fourth-order valence-electron chi connectivity index (χ4n) is 3.21. The largest absolute Gasteiger partial charge is 0.380 e. The highest BCUT2D eigenvalue weighted by Crippen LogP contribution is 2.44. The molecular formula is C15H16N4. The van der Waals surface area contributed by atoms with Crippen molar-refractivity contribution in [3.05, 3.63) is 49.1 Å². The quantitative estimate of drug-likeness (QED) is 0.854. The number of rotatable bonds is 3. The van der Waals surface area contributed by atoms with Crippen molar-refractivity contribution >= 4 is 5.69 Å². The van der Waals surface area contributed by atoms with Gasteiger partial charge in [-0.05, 0) is 30.9 Å². The maximum Gasteiger partial charge on any atom is 0.138 e. The smallest absolute Gasteiger partial charge is 0.138 e. The van der Waals surface area contributed by atoms with Gasteiger partial charge in [-0.25, -0.2) is 9.67 Å². The van der Waals surface area contributed by atoms with Crippen LogP contribution >= 0.6 is 0 Å². The molecule has 3 atom stereocenters. The van der Waals surface area contributed by atoms with E-state index >= 15 is 0 Å². The lowest BCUT2D eigenvalue weighted by atomic mass is 9.71. The van der Waals surface area contributed by atoms with Crippen molar-refractivity contribution in [2.75, 3.05) is 5.32 Å². The van der Waals surface area contributed by atoms with Crippen LogP contribution in [0.2, 0.25) is 0 Å². The van der Waals surface area contributed by atoms with Crippen LogP contribution in [0, 0.1) is 11.8 Å². The van der Waals surface area contributed by atoms with E-state index in [-0.39, 0.29) is 0 Å². The van der Waals surface area contributed by atoms with E-state index in [2.05, 4.69) is 45.8 Å². The summed E-state index contributed by atoms with van der Waals surface area (Å²) in [5.41, 5.74) is 2.20. The van der Waals surface area contributed by atoms with Crippen LogP contribution in [0.1, 0.15) is 12.8 Å². The summed E-state index contributed by atoms with van der Waals surface area (Å²) in [6.45, 7) is 0. The summed E-state index contributed by atoms with van der Waals surface area (Å²) >= 11 is 0. The Hall–Kier alpha value is -2.10. The van der Waals surface area contributed by atoms with Crippen LogP contribution in [-0.4, -0.2) is 20.8 Å². The van der Waals surface area contributed by atoms with Crippen molar-refractivity contribution in [3.8, 4) is 5.69 Å². The van der Waals surface area contributed by atoms with Crippen molar-refractivity contribution in [3.63, 3.8) is 0 Å². The van der Waals surface area contributed by atoms with E-state index in [9.17, 15) is 0 Å². The van der Waals surface area contributed by atoms with Crippen LogP contribution in [0.3, 0.4) is 0 Å². The van der Waals surface area contributed by atoms with E-state index in [1.54, 1.807) is 12.7 Å². The average Bonchev–Trinajstić information content (AvgIpc) is 3.06. The molecular weight excluding hydrogens is 236 g/mol. The van der Waals surface area contributed by atoms with Gasteiger partial charge in [0.1, 0.15) is 12.7 Å². The van der Waals surface area contributed by atoms with E-state index in [1.165, 1.54) is 12.8 Å². The van der Waals surface area contributed by atoms with Gasteiger partial charge in [0.25, 0.3) is 0 Å². The predicted molar refractivity (Wildman–Crippen MR) is 74.1 cm³/mol. The van der Waals surface area contributed by atoms with E-state index in [1.807, 2.05) is 10.7 Å². The van der Waals surface area contributed by atoms with E-state index in [4.69, 9.17) is 0 Å². The normalized spacial score (nSPS) is 27.9. The first-order chi connectivity index (χ1) is 9.42. The molecule has 2 aliphatic rings. The molecule has 0 saturated heterocycles. The number of nitrogens with zero attached hydrogens (tertiary/aromatic N) is 3. The minimum absolute atomic E-state index is 0.563. The molecule has 4 nitrogen and oxygen atoms in total.